The lowest BCUT2D eigenvalue weighted by atomic mass is 9.91. The number of halogens is 2. The van der Waals surface area contributed by atoms with E-state index < -0.39 is 5.92 Å². The average Bonchev–Trinajstić information content (AvgIpc) is 2.71. The molecule has 0 amide bonds. The largest absolute Gasteiger partial charge is 0.372 e. The second-order valence-corrected chi connectivity index (χ2v) is 6.39. The summed E-state index contributed by atoms with van der Waals surface area (Å²) in [6, 6.07) is -0.0307. The Morgan fingerprint density at radius 3 is 2.33 bits per heavy atom. The van der Waals surface area contributed by atoms with Crippen LogP contribution in [0.5, 0.6) is 0 Å². The molecule has 4 heteroatoms. The molecule has 0 N–H and O–H groups in total. The lowest BCUT2D eigenvalue weighted by Gasteiger charge is -2.35. The highest BCUT2D eigenvalue weighted by atomic mass is 19.3. The Balaban J connectivity index is 2.01. The zero-order chi connectivity index (χ0) is 13.4. The van der Waals surface area contributed by atoms with Gasteiger partial charge in [0.25, 0.3) is 5.92 Å². The van der Waals surface area contributed by atoms with Crippen molar-refractivity contribution in [3.8, 4) is 0 Å². The summed E-state index contributed by atoms with van der Waals surface area (Å²) in [5.41, 5.74) is -0.145. The standard InChI is InChI=1S/C14H25F2NO/c1-11(2)18-13(6-4-5-7-13)8-12-9-14(15,16)10-17(12)3/h11-12H,4-10H2,1-3H3. The molecule has 0 spiro atoms. The van der Waals surface area contributed by atoms with Gasteiger partial charge < -0.3 is 4.74 Å². The minimum absolute atomic E-state index is 0.00724. The predicted octanol–water partition coefficient (Wildman–Crippen LogP) is 3.45. The molecule has 0 aromatic carbocycles. The zero-order valence-electron chi connectivity index (χ0n) is 11.7. The second-order valence-electron chi connectivity index (χ2n) is 6.39. The molecule has 0 aromatic heterocycles. The van der Waals surface area contributed by atoms with Crippen LogP contribution in [0.1, 0.15) is 52.4 Å². The Hall–Kier alpha value is -0.220. The third-order valence-electron chi connectivity index (χ3n) is 4.25. The minimum atomic E-state index is -2.52. The molecule has 0 aromatic rings. The number of hydrogen-bond acceptors (Lipinski definition) is 2. The van der Waals surface area contributed by atoms with Crippen molar-refractivity contribution < 1.29 is 13.5 Å². The first-order valence-electron chi connectivity index (χ1n) is 7.08. The van der Waals surface area contributed by atoms with Gasteiger partial charge in [-0.05, 0) is 40.2 Å². The topological polar surface area (TPSA) is 12.5 Å². The van der Waals surface area contributed by atoms with E-state index in [4.69, 9.17) is 4.74 Å². The molecular formula is C14H25F2NO. The molecule has 1 saturated carbocycles. The van der Waals surface area contributed by atoms with Crippen LogP contribution in [-0.2, 0) is 4.74 Å². The van der Waals surface area contributed by atoms with Crippen LogP contribution in [0.3, 0.4) is 0 Å². The van der Waals surface area contributed by atoms with E-state index in [1.165, 1.54) is 12.8 Å². The molecule has 1 saturated heterocycles. The fourth-order valence-corrected chi connectivity index (χ4v) is 3.61. The normalized spacial score (nSPS) is 31.3. The summed E-state index contributed by atoms with van der Waals surface area (Å²) in [6.45, 7) is 3.97. The summed E-state index contributed by atoms with van der Waals surface area (Å²) < 4.78 is 33.0. The smallest absolute Gasteiger partial charge is 0.262 e. The van der Waals surface area contributed by atoms with Gasteiger partial charge in [0.05, 0.1) is 18.2 Å². The van der Waals surface area contributed by atoms with Crippen LogP contribution in [0, 0.1) is 0 Å². The Labute approximate surface area is 109 Å². The molecule has 18 heavy (non-hydrogen) atoms. The molecule has 1 aliphatic carbocycles. The molecule has 2 aliphatic rings. The first kappa shape index (κ1) is 14.2. The van der Waals surface area contributed by atoms with Gasteiger partial charge in [-0.2, -0.15) is 0 Å². The number of ether oxygens (including phenoxy) is 1. The molecule has 1 heterocycles. The fourth-order valence-electron chi connectivity index (χ4n) is 3.61. The van der Waals surface area contributed by atoms with E-state index in [0.717, 1.165) is 19.3 Å². The van der Waals surface area contributed by atoms with Crippen molar-refractivity contribution in [3.05, 3.63) is 0 Å². The Bertz CT molecular complexity index is 288. The van der Waals surface area contributed by atoms with Gasteiger partial charge in [0.15, 0.2) is 0 Å². The van der Waals surface area contributed by atoms with Gasteiger partial charge in [0.2, 0.25) is 0 Å². The van der Waals surface area contributed by atoms with Gasteiger partial charge in [-0.1, -0.05) is 12.8 Å². The maximum absolute atomic E-state index is 13.4. The van der Waals surface area contributed by atoms with Crippen molar-refractivity contribution in [2.45, 2.75) is 76.0 Å². The predicted molar refractivity (Wildman–Crippen MR) is 68.0 cm³/mol. The zero-order valence-corrected chi connectivity index (χ0v) is 11.7. The highest BCUT2D eigenvalue weighted by Gasteiger charge is 2.47. The van der Waals surface area contributed by atoms with Gasteiger partial charge in [-0.25, -0.2) is 8.78 Å². The van der Waals surface area contributed by atoms with Gasteiger partial charge in [-0.15, -0.1) is 0 Å². The average molecular weight is 261 g/mol. The minimum Gasteiger partial charge on any atom is -0.372 e. The molecule has 1 unspecified atom stereocenters. The highest BCUT2D eigenvalue weighted by molar-refractivity contribution is 4.97. The van der Waals surface area contributed by atoms with E-state index in [1.807, 2.05) is 25.8 Å². The van der Waals surface area contributed by atoms with Crippen LogP contribution in [0.4, 0.5) is 8.78 Å². The van der Waals surface area contributed by atoms with Gasteiger partial charge in [0, 0.05) is 12.5 Å². The van der Waals surface area contributed by atoms with E-state index in [9.17, 15) is 8.78 Å². The second kappa shape index (κ2) is 5.04. The molecular weight excluding hydrogens is 236 g/mol. The van der Waals surface area contributed by atoms with Crippen LogP contribution in [0.25, 0.3) is 0 Å². The highest BCUT2D eigenvalue weighted by Crippen LogP contribution is 2.42. The quantitative estimate of drug-likeness (QED) is 0.768. The van der Waals surface area contributed by atoms with Crippen LogP contribution >= 0.6 is 0 Å². The molecule has 1 atom stereocenters. The van der Waals surface area contributed by atoms with Crippen molar-refractivity contribution in [2.24, 2.45) is 0 Å². The fraction of sp³-hybridized carbons (Fsp3) is 1.00. The number of nitrogens with zero attached hydrogens (tertiary/aromatic N) is 1. The molecule has 0 bridgehead atoms. The first-order valence-corrected chi connectivity index (χ1v) is 7.08. The molecule has 106 valence electrons. The number of likely N-dealkylation sites (tertiary alicyclic amines) is 1. The number of hydrogen-bond donors (Lipinski definition) is 0. The molecule has 2 fully saturated rings. The van der Waals surface area contributed by atoms with Gasteiger partial charge in [0.1, 0.15) is 0 Å². The van der Waals surface area contributed by atoms with Crippen molar-refractivity contribution in [3.63, 3.8) is 0 Å². The maximum atomic E-state index is 13.4. The molecule has 0 radical (unpaired) electrons. The lowest BCUT2D eigenvalue weighted by molar-refractivity contribution is -0.0902. The van der Waals surface area contributed by atoms with Crippen molar-refractivity contribution in [2.75, 3.05) is 13.6 Å². The van der Waals surface area contributed by atoms with Gasteiger partial charge in [-0.3, -0.25) is 4.90 Å². The first-order chi connectivity index (χ1) is 8.32. The van der Waals surface area contributed by atoms with E-state index in [0.29, 0.717) is 0 Å². The van der Waals surface area contributed by atoms with Crippen molar-refractivity contribution in [1.29, 1.82) is 0 Å². The summed E-state index contributed by atoms with van der Waals surface area (Å²) >= 11 is 0. The third kappa shape index (κ3) is 3.21. The molecule has 2 rings (SSSR count). The number of alkyl halides is 2. The monoisotopic (exact) mass is 261 g/mol. The Kier molecular flexibility index (Phi) is 3.98. The van der Waals surface area contributed by atoms with Crippen LogP contribution < -0.4 is 0 Å². The van der Waals surface area contributed by atoms with E-state index in [-0.39, 0.29) is 30.7 Å². The number of rotatable bonds is 4. The summed E-state index contributed by atoms with van der Waals surface area (Å²) in [7, 11) is 1.81. The van der Waals surface area contributed by atoms with E-state index in [1.54, 1.807) is 0 Å². The van der Waals surface area contributed by atoms with E-state index in [2.05, 4.69) is 0 Å². The SMILES string of the molecule is CC(C)OC1(CC2CC(F)(F)CN2C)CCCC1. The van der Waals surface area contributed by atoms with Gasteiger partial charge >= 0.3 is 0 Å². The van der Waals surface area contributed by atoms with Crippen LogP contribution in [0.2, 0.25) is 0 Å². The Morgan fingerprint density at radius 2 is 1.89 bits per heavy atom. The third-order valence-corrected chi connectivity index (χ3v) is 4.25. The van der Waals surface area contributed by atoms with Crippen molar-refractivity contribution >= 4 is 0 Å². The lowest BCUT2D eigenvalue weighted by Crippen LogP contribution is -2.39. The summed E-state index contributed by atoms with van der Waals surface area (Å²) in [4.78, 5) is 1.81. The van der Waals surface area contributed by atoms with Crippen LogP contribution in [-0.4, -0.2) is 42.2 Å². The maximum Gasteiger partial charge on any atom is 0.262 e. The summed E-state index contributed by atoms with van der Waals surface area (Å²) in [5.74, 6) is -2.52. The molecule has 1 aliphatic heterocycles. The summed E-state index contributed by atoms with van der Waals surface area (Å²) in [5, 5.41) is 0. The van der Waals surface area contributed by atoms with E-state index >= 15 is 0 Å². The van der Waals surface area contributed by atoms with Crippen LogP contribution in [0.15, 0.2) is 0 Å². The molecule has 2 nitrogen and oxygen atoms in total. The Morgan fingerprint density at radius 1 is 1.28 bits per heavy atom. The van der Waals surface area contributed by atoms with Crippen molar-refractivity contribution in [1.82, 2.24) is 4.90 Å². The summed E-state index contributed by atoms with van der Waals surface area (Å²) in [6.07, 6.45) is 5.32.